The average molecular weight is 721 g/mol. The van der Waals surface area contributed by atoms with Gasteiger partial charge in [0.15, 0.2) is 17.3 Å². The van der Waals surface area contributed by atoms with Crippen LogP contribution in [0.25, 0.3) is 22.6 Å². The number of H-pyrrole nitrogens is 1. The van der Waals surface area contributed by atoms with Crippen LogP contribution in [-0.2, 0) is 16.1 Å². The number of Topliss-reactive ketones (excluding diaryl/α,β-unsaturated/α-hetero) is 1. The number of aryl methyl sites for hydroxylation is 2. The number of aliphatic hydroxyl groups excluding tert-OH is 4. The summed E-state index contributed by atoms with van der Waals surface area (Å²) in [6.45, 7) is 9.04. The predicted octanol–water partition coefficient (Wildman–Crippen LogP) is 3.12. The van der Waals surface area contributed by atoms with E-state index in [2.05, 4.69) is 41.0 Å². The van der Waals surface area contributed by atoms with Gasteiger partial charge in [-0.25, -0.2) is 9.78 Å². The second-order valence-corrected chi connectivity index (χ2v) is 15.6. The van der Waals surface area contributed by atoms with E-state index in [1.807, 2.05) is 13.8 Å². The molecule has 1 aromatic rings. The van der Waals surface area contributed by atoms with Crippen LogP contribution in [-0.4, -0.2) is 76.4 Å². The number of aromatic nitrogens is 4. The molecular formula is C38H45ClN4O8. The van der Waals surface area contributed by atoms with Crippen molar-refractivity contribution >= 4 is 34.2 Å². The van der Waals surface area contributed by atoms with Crippen LogP contribution >= 0.6 is 11.6 Å². The van der Waals surface area contributed by atoms with Gasteiger partial charge >= 0.3 is 5.69 Å². The number of carbonyl (C=O) groups excluding carboxylic acids is 2. The first-order valence-electron chi connectivity index (χ1n) is 17.4. The first-order chi connectivity index (χ1) is 24.0. The van der Waals surface area contributed by atoms with Gasteiger partial charge in [-0.15, -0.1) is 0 Å². The molecule has 5 N–H and O–H groups in total. The molecule has 2 aliphatic heterocycles. The highest BCUT2D eigenvalue weighted by molar-refractivity contribution is 6.32. The zero-order valence-corrected chi connectivity index (χ0v) is 30.1. The molecule has 0 unspecified atom stereocenters. The summed E-state index contributed by atoms with van der Waals surface area (Å²) in [6, 6.07) is 3.53. The SMILES string of the molecule is CC(=O)[C@H]1CC[C@H]2[C@@H]3C=C(Cl)C4=CC(=O)C=C[C@]4(C)[C@H]3CC[C@]12C.Cc1cc2nc3c(=O)[nH]c(=O)nc-3n(C[C@H](O)[C@H](O)[C@H](O)CO)c2cc1C. The molecule has 12 nitrogen and oxygen atoms in total. The van der Waals surface area contributed by atoms with Gasteiger partial charge in [0.1, 0.15) is 24.1 Å². The molecule has 9 atom stereocenters. The Labute approximate surface area is 299 Å². The molecular weight excluding hydrogens is 676 g/mol. The van der Waals surface area contributed by atoms with Crippen molar-refractivity contribution in [2.24, 2.45) is 34.5 Å². The topological polar surface area (TPSA) is 196 Å². The quantitative estimate of drug-likeness (QED) is 0.236. The molecule has 0 aromatic heterocycles. The standard InChI is InChI=1S/C21H25ClO2.C17H20N4O6/c1-12(23)15-4-5-16-14-11-19(22)18-10-13(24)6-8-21(18,3)17(14)7-9-20(15,16)2;1-7-3-9-10(4-8(7)2)21(5-11(23)14(25)12(24)6-22)15-13(18-9)16(26)20-17(27)19-15/h6,8,10-11,14-17H,4-5,7,9H2,1-3H3;3-4,11-12,14,22-25H,5-6H2,1-2H3,(H,20,26,27)/t14-,15+,16-,17-,20+,21+;11-,12+,14-/m00/s1. The summed E-state index contributed by atoms with van der Waals surface area (Å²) in [5.74, 6) is 1.92. The summed E-state index contributed by atoms with van der Waals surface area (Å²) < 4.78 is 1.40. The van der Waals surface area contributed by atoms with Crippen molar-refractivity contribution in [1.82, 2.24) is 19.5 Å². The third-order valence-electron chi connectivity index (χ3n) is 12.2. The van der Waals surface area contributed by atoms with Crippen LogP contribution in [0.15, 0.2) is 56.6 Å². The van der Waals surface area contributed by atoms with E-state index in [-0.39, 0.29) is 40.6 Å². The lowest BCUT2D eigenvalue weighted by Crippen LogP contribution is -2.49. The van der Waals surface area contributed by atoms with E-state index in [1.54, 1.807) is 31.2 Å². The predicted molar refractivity (Wildman–Crippen MR) is 191 cm³/mol. The number of allylic oxidation sites excluding steroid dienone is 6. The summed E-state index contributed by atoms with van der Waals surface area (Å²) in [6.07, 6.45) is 7.34. The number of fused-ring (bicyclic) bond motifs is 7. The summed E-state index contributed by atoms with van der Waals surface area (Å²) in [5, 5.41) is 39.5. The number of halogens is 1. The van der Waals surface area contributed by atoms with E-state index in [9.17, 15) is 34.5 Å². The molecule has 0 spiro atoms. The van der Waals surface area contributed by atoms with E-state index >= 15 is 0 Å². The third kappa shape index (κ3) is 6.35. The van der Waals surface area contributed by atoms with E-state index in [1.165, 1.54) is 4.57 Å². The summed E-state index contributed by atoms with van der Waals surface area (Å²) in [7, 11) is 0. The van der Waals surface area contributed by atoms with Gasteiger partial charge in [-0.3, -0.25) is 19.4 Å². The maximum Gasteiger partial charge on any atom is 0.349 e. The Bertz CT molecular complexity index is 2090. The molecule has 0 saturated heterocycles. The molecule has 51 heavy (non-hydrogen) atoms. The Balaban J connectivity index is 0.000000177. The molecule has 7 rings (SSSR count). The maximum atomic E-state index is 12.2. The van der Waals surface area contributed by atoms with E-state index in [0.29, 0.717) is 34.6 Å². The highest BCUT2D eigenvalue weighted by Crippen LogP contribution is 2.65. The smallest absolute Gasteiger partial charge is 0.349 e. The van der Waals surface area contributed by atoms with Gasteiger partial charge in [0, 0.05) is 16.4 Å². The number of nitrogens with one attached hydrogen (secondary N) is 1. The van der Waals surface area contributed by atoms with Gasteiger partial charge in [0.2, 0.25) is 0 Å². The Morgan fingerprint density at radius 3 is 2.43 bits per heavy atom. The lowest BCUT2D eigenvalue weighted by molar-refractivity contribution is -0.126. The van der Waals surface area contributed by atoms with Gasteiger partial charge in [0.25, 0.3) is 5.56 Å². The highest BCUT2D eigenvalue weighted by Gasteiger charge is 2.59. The van der Waals surface area contributed by atoms with Crippen LogP contribution in [0.5, 0.6) is 0 Å². The van der Waals surface area contributed by atoms with Gasteiger partial charge in [-0.05, 0) is 111 Å². The van der Waals surface area contributed by atoms with Gasteiger partial charge in [0.05, 0.1) is 24.2 Å². The van der Waals surface area contributed by atoms with Gasteiger partial charge in [-0.1, -0.05) is 37.6 Å². The fourth-order valence-corrected chi connectivity index (χ4v) is 9.69. The minimum absolute atomic E-state index is 0.0330. The number of rotatable bonds is 6. The molecule has 4 aliphatic carbocycles. The fourth-order valence-electron chi connectivity index (χ4n) is 9.29. The number of benzene rings is 1. The van der Waals surface area contributed by atoms with E-state index in [0.717, 1.165) is 47.4 Å². The van der Waals surface area contributed by atoms with E-state index in [4.69, 9.17) is 16.7 Å². The average Bonchev–Trinajstić information content (AvgIpc) is 3.44. The summed E-state index contributed by atoms with van der Waals surface area (Å²) in [4.78, 5) is 58.0. The zero-order chi connectivity index (χ0) is 37.2. The fraction of sp³-hybridized carbons (Fsp3) is 0.526. The number of aliphatic hydroxyl groups is 4. The minimum Gasteiger partial charge on any atom is -0.394 e. The monoisotopic (exact) mass is 720 g/mol. The molecule has 0 amide bonds. The molecule has 0 radical (unpaired) electrons. The van der Waals surface area contributed by atoms with Crippen LogP contribution < -0.4 is 11.2 Å². The van der Waals surface area contributed by atoms with Crippen LogP contribution in [0.4, 0.5) is 0 Å². The molecule has 6 aliphatic rings. The molecule has 2 heterocycles. The second kappa shape index (κ2) is 13.6. The first kappa shape index (κ1) is 37.0. The lowest BCUT2D eigenvalue weighted by atomic mass is 9.49. The maximum absolute atomic E-state index is 12.2. The largest absolute Gasteiger partial charge is 0.394 e. The Morgan fingerprint density at radius 1 is 1.04 bits per heavy atom. The second-order valence-electron chi connectivity index (χ2n) is 15.2. The molecule has 0 bridgehead atoms. The molecule has 13 heteroatoms. The number of hydrogen-bond donors (Lipinski definition) is 5. The van der Waals surface area contributed by atoms with Crippen molar-refractivity contribution in [3.05, 3.63) is 79.0 Å². The summed E-state index contributed by atoms with van der Waals surface area (Å²) >= 11 is 6.64. The number of nitrogens with zero attached hydrogens (tertiary/aromatic N) is 3. The number of ketones is 2. The number of carbonyl (C=O) groups is 2. The van der Waals surface area contributed by atoms with Crippen molar-refractivity contribution in [2.75, 3.05) is 6.61 Å². The molecule has 2 fully saturated rings. The number of hydrogen-bond acceptors (Lipinski definition) is 10. The van der Waals surface area contributed by atoms with Gasteiger partial charge < -0.3 is 25.0 Å². The van der Waals surface area contributed by atoms with Crippen molar-refractivity contribution in [3.63, 3.8) is 0 Å². The molecule has 1 aromatic carbocycles. The highest BCUT2D eigenvalue weighted by atomic mass is 35.5. The van der Waals surface area contributed by atoms with Crippen molar-refractivity contribution < 1.29 is 30.0 Å². The first-order valence-corrected chi connectivity index (χ1v) is 17.8. The van der Waals surface area contributed by atoms with Gasteiger partial charge in [-0.2, -0.15) is 4.98 Å². The zero-order valence-electron chi connectivity index (χ0n) is 29.4. The Kier molecular flexibility index (Phi) is 9.88. The van der Waals surface area contributed by atoms with E-state index < -0.39 is 36.2 Å². The molecule has 272 valence electrons. The minimum atomic E-state index is -1.64. The summed E-state index contributed by atoms with van der Waals surface area (Å²) in [5.41, 5.74) is 2.05. The third-order valence-corrected chi connectivity index (χ3v) is 12.5. The van der Waals surface area contributed by atoms with Crippen LogP contribution in [0.3, 0.4) is 0 Å². The lowest BCUT2D eigenvalue weighted by Gasteiger charge is -2.55. The Morgan fingerprint density at radius 2 is 1.75 bits per heavy atom. The Hall–Kier alpha value is -3.81. The number of aromatic amines is 1. The molecule has 2 saturated carbocycles. The van der Waals surface area contributed by atoms with Crippen LogP contribution in [0, 0.1) is 48.3 Å². The normalized spacial score (nSPS) is 30.0. The van der Waals surface area contributed by atoms with Crippen LogP contribution in [0.2, 0.25) is 0 Å². The van der Waals surface area contributed by atoms with Crippen molar-refractivity contribution in [1.29, 1.82) is 0 Å². The van der Waals surface area contributed by atoms with Crippen molar-refractivity contribution in [2.45, 2.75) is 85.2 Å². The van der Waals surface area contributed by atoms with Crippen LogP contribution in [0.1, 0.15) is 57.6 Å². The van der Waals surface area contributed by atoms with Crippen molar-refractivity contribution in [3.8, 4) is 11.5 Å².